The number of thiazole rings is 1. The van der Waals surface area contributed by atoms with Gasteiger partial charge in [-0.15, -0.1) is 0 Å². The third kappa shape index (κ3) is 2.46. The van der Waals surface area contributed by atoms with Crippen LogP contribution in [-0.4, -0.2) is 31.2 Å². The number of sulfone groups is 1. The number of imidazole rings is 1. The van der Waals surface area contributed by atoms with Crippen molar-refractivity contribution in [2.45, 2.75) is 4.90 Å². The predicted molar refractivity (Wildman–Crippen MR) is 95.7 cm³/mol. The van der Waals surface area contributed by atoms with Crippen molar-refractivity contribution in [2.24, 2.45) is 0 Å². The van der Waals surface area contributed by atoms with Gasteiger partial charge in [-0.25, -0.2) is 13.4 Å². The minimum Gasteiger partial charge on any atom is -0.497 e. The molecule has 0 saturated heterocycles. The van der Waals surface area contributed by atoms with E-state index in [1.165, 1.54) is 17.6 Å². The van der Waals surface area contributed by atoms with Crippen LogP contribution in [0.3, 0.4) is 0 Å². The number of fused-ring (bicyclic) bond motifs is 3. The van der Waals surface area contributed by atoms with Crippen molar-refractivity contribution in [2.75, 3.05) is 13.4 Å². The van der Waals surface area contributed by atoms with Crippen molar-refractivity contribution in [1.29, 1.82) is 0 Å². The molecule has 0 aliphatic heterocycles. The fourth-order valence-electron chi connectivity index (χ4n) is 2.61. The van der Waals surface area contributed by atoms with Gasteiger partial charge in [-0.3, -0.25) is 4.40 Å². The zero-order valence-electron chi connectivity index (χ0n) is 13.1. The van der Waals surface area contributed by atoms with Gasteiger partial charge in [0, 0.05) is 18.0 Å². The standard InChI is InChI=1S/C17H14N2O3S2/c1-22-12-5-3-11(4-6-12)14-10-19-15-8-7-13(24(2,20)21)9-16(15)23-17(19)18-14/h3-10H,1-2H3. The number of hydrogen-bond donors (Lipinski definition) is 0. The second kappa shape index (κ2) is 5.32. The SMILES string of the molecule is COc1ccc(-c2cn3c(n2)sc2cc(S(C)(=O)=O)ccc23)cc1. The lowest BCUT2D eigenvalue weighted by molar-refractivity contribution is 0.415. The molecule has 7 heteroatoms. The van der Waals surface area contributed by atoms with Gasteiger partial charge in [0.2, 0.25) is 0 Å². The van der Waals surface area contributed by atoms with Crippen LogP contribution < -0.4 is 4.74 Å². The van der Waals surface area contributed by atoms with Gasteiger partial charge in [-0.2, -0.15) is 0 Å². The van der Waals surface area contributed by atoms with Crippen LogP contribution in [0.25, 0.3) is 26.4 Å². The molecule has 24 heavy (non-hydrogen) atoms. The zero-order valence-corrected chi connectivity index (χ0v) is 14.7. The predicted octanol–water partition coefficient (Wildman–Crippen LogP) is 3.63. The second-order valence-corrected chi connectivity index (χ2v) is 8.54. The smallest absolute Gasteiger partial charge is 0.195 e. The summed E-state index contributed by atoms with van der Waals surface area (Å²) in [6.45, 7) is 0. The van der Waals surface area contributed by atoms with Crippen molar-refractivity contribution in [1.82, 2.24) is 9.38 Å². The molecule has 0 fully saturated rings. The molecule has 0 radical (unpaired) electrons. The lowest BCUT2D eigenvalue weighted by Gasteiger charge is -2.00. The molecule has 2 aromatic carbocycles. The van der Waals surface area contributed by atoms with Crippen molar-refractivity contribution in [3.05, 3.63) is 48.7 Å². The second-order valence-electron chi connectivity index (χ2n) is 5.51. The highest BCUT2D eigenvalue weighted by Crippen LogP contribution is 2.31. The molecule has 2 aromatic heterocycles. The largest absolute Gasteiger partial charge is 0.497 e. The molecule has 0 amide bonds. The van der Waals surface area contributed by atoms with Crippen molar-refractivity contribution < 1.29 is 13.2 Å². The summed E-state index contributed by atoms with van der Waals surface area (Å²) in [4.78, 5) is 5.82. The average molecular weight is 358 g/mol. The van der Waals surface area contributed by atoms with Crippen LogP contribution >= 0.6 is 11.3 Å². The minimum atomic E-state index is -3.21. The molecular weight excluding hydrogens is 344 g/mol. The van der Waals surface area contributed by atoms with E-state index in [0.29, 0.717) is 4.90 Å². The zero-order chi connectivity index (χ0) is 16.9. The molecule has 0 atom stereocenters. The number of nitrogens with zero attached hydrogens (tertiary/aromatic N) is 2. The Morgan fingerprint density at radius 2 is 1.88 bits per heavy atom. The molecular formula is C17H14N2O3S2. The topological polar surface area (TPSA) is 60.7 Å². The van der Waals surface area contributed by atoms with Gasteiger partial charge >= 0.3 is 0 Å². The van der Waals surface area contributed by atoms with Crippen LogP contribution in [0.1, 0.15) is 0 Å². The number of methoxy groups -OCH3 is 1. The van der Waals surface area contributed by atoms with Crippen molar-refractivity contribution in [3.8, 4) is 17.0 Å². The Morgan fingerprint density at radius 1 is 1.12 bits per heavy atom. The Hall–Kier alpha value is -2.38. The molecule has 0 N–H and O–H groups in total. The average Bonchev–Trinajstić information content (AvgIpc) is 3.11. The summed E-state index contributed by atoms with van der Waals surface area (Å²) in [5.74, 6) is 0.804. The summed E-state index contributed by atoms with van der Waals surface area (Å²) in [5.41, 5.74) is 2.83. The Bertz CT molecular complexity index is 1160. The van der Waals surface area contributed by atoms with Gasteiger partial charge in [-0.1, -0.05) is 11.3 Å². The maximum Gasteiger partial charge on any atom is 0.195 e. The maximum absolute atomic E-state index is 11.7. The molecule has 4 aromatic rings. The summed E-state index contributed by atoms with van der Waals surface area (Å²) in [5, 5.41) is 0. The van der Waals surface area contributed by atoms with Crippen molar-refractivity contribution in [3.63, 3.8) is 0 Å². The summed E-state index contributed by atoms with van der Waals surface area (Å²) in [7, 11) is -1.57. The molecule has 2 heterocycles. The fraction of sp³-hybridized carbons (Fsp3) is 0.118. The summed E-state index contributed by atoms with van der Waals surface area (Å²) in [6, 6.07) is 12.9. The Morgan fingerprint density at radius 3 is 2.54 bits per heavy atom. The van der Waals surface area contributed by atoms with E-state index >= 15 is 0 Å². The third-order valence-electron chi connectivity index (χ3n) is 3.88. The normalized spacial score (nSPS) is 12.1. The first-order valence-corrected chi connectivity index (χ1v) is 9.92. The first-order chi connectivity index (χ1) is 11.5. The third-order valence-corrected chi connectivity index (χ3v) is 6.01. The Balaban J connectivity index is 1.84. The summed E-state index contributed by atoms with van der Waals surface area (Å²) >= 11 is 1.48. The van der Waals surface area contributed by atoms with E-state index in [4.69, 9.17) is 4.74 Å². The number of benzene rings is 2. The number of ether oxygens (including phenoxy) is 1. The number of aromatic nitrogens is 2. The molecule has 0 unspecified atom stereocenters. The highest BCUT2D eigenvalue weighted by Gasteiger charge is 2.13. The van der Waals surface area contributed by atoms with Crippen LogP contribution in [0, 0.1) is 0 Å². The van der Waals surface area contributed by atoms with Crippen LogP contribution in [0.15, 0.2) is 53.6 Å². The number of rotatable bonds is 3. The molecule has 0 bridgehead atoms. The van der Waals surface area contributed by atoms with E-state index in [-0.39, 0.29) is 0 Å². The van der Waals surface area contributed by atoms with E-state index in [1.54, 1.807) is 19.2 Å². The van der Waals surface area contributed by atoms with Crippen LogP contribution in [-0.2, 0) is 9.84 Å². The van der Waals surface area contributed by atoms with Crippen LogP contribution in [0.2, 0.25) is 0 Å². The molecule has 0 aliphatic rings. The maximum atomic E-state index is 11.7. The van der Waals surface area contributed by atoms with Gasteiger partial charge < -0.3 is 4.74 Å². The van der Waals surface area contributed by atoms with E-state index in [1.807, 2.05) is 40.9 Å². The quantitative estimate of drug-likeness (QED) is 0.561. The van der Waals surface area contributed by atoms with Gasteiger partial charge in [-0.05, 0) is 42.5 Å². The Labute approximate surface area is 143 Å². The van der Waals surface area contributed by atoms with Gasteiger partial charge in [0.1, 0.15) is 5.75 Å². The molecule has 0 saturated carbocycles. The molecule has 122 valence electrons. The van der Waals surface area contributed by atoms with Gasteiger partial charge in [0.25, 0.3) is 0 Å². The summed E-state index contributed by atoms with van der Waals surface area (Å²) in [6.07, 6.45) is 3.19. The highest BCUT2D eigenvalue weighted by atomic mass is 32.2. The van der Waals surface area contributed by atoms with Crippen molar-refractivity contribution >= 4 is 36.4 Å². The van der Waals surface area contributed by atoms with Gasteiger partial charge in [0.05, 0.1) is 27.9 Å². The molecule has 5 nitrogen and oxygen atoms in total. The first kappa shape index (κ1) is 15.2. The van der Waals surface area contributed by atoms with Crippen LogP contribution in [0.4, 0.5) is 0 Å². The lowest BCUT2D eigenvalue weighted by atomic mass is 10.2. The lowest BCUT2D eigenvalue weighted by Crippen LogP contribution is -1.96. The fourth-order valence-corrected chi connectivity index (χ4v) is 4.38. The van der Waals surface area contributed by atoms with Gasteiger partial charge in [0.15, 0.2) is 14.8 Å². The monoisotopic (exact) mass is 358 g/mol. The van der Waals surface area contributed by atoms with E-state index in [0.717, 1.165) is 32.2 Å². The van der Waals surface area contributed by atoms with Crippen LogP contribution in [0.5, 0.6) is 5.75 Å². The highest BCUT2D eigenvalue weighted by molar-refractivity contribution is 7.90. The summed E-state index contributed by atoms with van der Waals surface area (Å²) < 4.78 is 31.5. The van der Waals surface area contributed by atoms with E-state index < -0.39 is 9.84 Å². The molecule has 0 spiro atoms. The minimum absolute atomic E-state index is 0.329. The first-order valence-electron chi connectivity index (χ1n) is 7.22. The van der Waals surface area contributed by atoms with E-state index in [2.05, 4.69) is 4.98 Å². The Kier molecular flexibility index (Phi) is 3.36. The molecule has 0 aliphatic carbocycles. The van der Waals surface area contributed by atoms with E-state index in [9.17, 15) is 8.42 Å². The molecule has 4 rings (SSSR count). The number of hydrogen-bond acceptors (Lipinski definition) is 5.